The van der Waals surface area contributed by atoms with E-state index in [1.165, 1.54) is 24.3 Å². The number of rotatable bonds is 5. The van der Waals surface area contributed by atoms with Gasteiger partial charge in [-0.05, 0) is 55.9 Å². The van der Waals surface area contributed by atoms with Gasteiger partial charge in [0, 0.05) is 12.1 Å². The summed E-state index contributed by atoms with van der Waals surface area (Å²) in [5.41, 5.74) is 0.410. The number of carbonyl (C=O) groups is 1. The number of amides is 1. The molecule has 1 amide bonds. The lowest BCUT2D eigenvalue weighted by Gasteiger charge is -2.25. The van der Waals surface area contributed by atoms with Gasteiger partial charge in [0.1, 0.15) is 5.75 Å². The average molecular weight is 299 g/mol. The highest BCUT2D eigenvalue weighted by molar-refractivity contribution is 5.94. The Labute approximate surface area is 122 Å². The van der Waals surface area contributed by atoms with Gasteiger partial charge in [0.2, 0.25) is 0 Å². The third kappa shape index (κ3) is 4.97. The predicted octanol–water partition coefficient (Wildman–Crippen LogP) is 2.57. The molecule has 0 heterocycles. The average Bonchev–Trinajstić information content (AvgIpc) is 2.46. The molecule has 1 aliphatic rings. The SMILES string of the molecule is O=C(NCC1CCC(O)CC1)c1ccc(OC(F)F)cc1. The van der Waals surface area contributed by atoms with Crippen molar-refractivity contribution in [3.8, 4) is 5.75 Å². The normalized spacial score (nSPS) is 22.1. The Balaban J connectivity index is 1.80. The molecule has 0 unspecified atom stereocenters. The third-order valence-corrected chi connectivity index (χ3v) is 3.71. The molecule has 0 atom stereocenters. The van der Waals surface area contributed by atoms with Gasteiger partial charge in [-0.1, -0.05) is 0 Å². The summed E-state index contributed by atoms with van der Waals surface area (Å²) in [4.78, 5) is 11.9. The van der Waals surface area contributed by atoms with E-state index in [1.807, 2.05) is 0 Å². The number of nitrogens with one attached hydrogen (secondary N) is 1. The van der Waals surface area contributed by atoms with Gasteiger partial charge >= 0.3 is 6.61 Å². The lowest BCUT2D eigenvalue weighted by Crippen LogP contribution is -2.32. The first-order valence-electron chi connectivity index (χ1n) is 7.05. The minimum atomic E-state index is -2.87. The van der Waals surface area contributed by atoms with E-state index in [0.29, 0.717) is 18.0 Å². The van der Waals surface area contributed by atoms with Crippen molar-refractivity contribution in [2.45, 2.75) is 38.4 Å². The Morgan fingerprint density at radius 1 is 1.24 bits per heavy atom. The number of hydrogen-bond donors (Lipinski definition) is 2. The third-order valence-electron chi connectivity index (χ3n) is 3.71. The minimum Gasteiger partial charge on any atom is -0.435 e. The van der Waals surface area contributed by atoms with Crippen LogP contribution in [0.5, 0.6) is 5.75 Å². The summed E-state index contributed by atoms with van der Waals surface area (Å²) in [6.45, 7) is -2.30. The van der Waals surface area contributed by atoms with Crippen LogP contribution in [0.25, 0.3) is 0 Å². The molecule has 4 nitrogen and oxygen atoms in total. The second-order valence-corrected chi connectivity index (χ2v) is 5.29. The van der Waals surface area contributed by atoms with Crippen molar-refractivity contribution < 1.29 is 23.4 Å². The molecule has 1 aromatic rings. The maximum atomic E-state index is 12.0. The highest BCUT2D eigenvalue weighted by Crippen LogP contribution is 2.23. The van der Waals surface area contributed by atoms with E-state index in [1.54, 1.807) is 0 Å². The number of aliphatic hydroxyl groups excluding tert-OH is 1. The van der Waals surface area contributed by atoms with Gasteiger partial charge in [0.05, 0.1) is 6.10 Å². The molecule has 1 aromatic carbocycles. The molecule has 0 bridgehead atoms. The zero-order valence-electron chi connectivity index (χ0n) is 11.6. The molecule has 116 valence electrons. The van der Waals surface area contributed by atoms with Crippen LogP contribution in [-0.2, 0) is 0 Å². The van der Waals surface area contributed by atoms with Gasteiger partial charge in [-0.15, -0.1) is 0 Å². The van der Waals surface area contributed by atoms with Crippen molar-refractivity contribution in [1.29, 1.82) is 0 Å². The molecule has 21 heavy (non-hydrogen) atoms. The quantitative estimate of drug-likeness (QED) is 0.878. The summed E-state index contributed by atoms with van der Waals surface area (Å²) in [5.74, 6) is 0.186. The molecule has 0 aliphatic heterocycles. The number of ether oxygens (including phenoxy) is 1. The molecule has 1 saturated carbocycles. The van der Waals surface area contributed by atoms with Gasteiger partial charge < -0.3 is 15.2 Å². The van der Waals surface area contributed by atoms with Crippen LogP contribution in [0.4, 0.5) is 8.78 Å². The van der Waals surface area contributed by atoms with E-state index in [9.17, 15) is 18.7 Å². The second kappa shape index (κ2) is 7.36. The largest absolute Gasteiger partial charge is 0.435 e. The first-order chi connectivity index (χ1) is 10.0. The van der Waals surface area contributed by atoms with E-state index in [0.717, 1.165) is 25.7 Å². The van der Waals surface area contributed by atoms with Gasteiger partial charge in [0.15, 0.2) is 0 Å². The van der Waals surface area contributed by atoms with Crippen LogP contribution in [-0.4, -0.2) is 30.3 Å². The Kier molecular flexibility index (Phi) is 5.50. The Bertz CT molecular complexity index is 456. The molecule has 1 aliphatic carbocycles. The van der Waals surface area contributed by atoms with Crippen LogP contribution in [0, 0.1) is 5.92 Å². The van der Waals surface area contributed by atoms with Crippen molar-refractivity contribution in [3.05, 3.63) is 29.8 Å². The molecule has 2 rings (SSSR count). The first kappa shape index (κ1) is 15.7. The van der Waals surface area contributed by atoms with Crippen molar-refractivity contribution in [2.24, 2.45) is 5.92 Å². The number of aliphatic hydroxyl groups is 1. The molecular weight excluding hydrogens is 280 g/mol. The van der Waals surface area contributed by atoms with Crippen molar-refractivity contribution in [3.63, 3.8) is 0 Å². The fourth-order valence-electron chi connectivity index (χ4n) is 2.48. The maximum absolute atomic E-state index is 12.0. The molecule has 0 saturated heterocycles. The maximum Gasteiger partial charge on any atom is 0.387 e. The summed E-state index contributed by atoms with van der Waals surface area (Å²) in [7, 11) is 0. The molecule has 0 radical (unpaired) electrons. The van der Waals surface area contributed by atoms with E-state index in [-0.39, 0.29) is 17.8 Å². The monoisotopic (exact) mass is 299 g/mol. The van der Waals surface area contributed by atoms with E-state index in [2.05, 4.69) is 10.1 Å². The van der Waals surface area contributed by atoms with Crippen molar-refractivity contribution in [2.75, 3.05) is 6.54 Å². The predicted molar refractivity (Wildman–Crippen MR) is 73.4 cm³/mol. The minimum absolute atomic E-state index is 0.0304. The van der Waals surface area contributed by atoms with Crippen LogP contribution in [0.3, 0.4) is 0 Å². The highest BCUT2D eigenvalue weighted by atomic mass is 19.3. The van der Waals surface area contributed by atoms with Crippen LogP contribution in [0.15, 0.2) is 24.3 Å². The summed E-state index contributed by atoms with van der Waals surface area (Å²) in [5, 5.41) is 12.3. The lowest BCUT2D eigenvalue weighted by atomic mass is 9.87. The van der Waals surface area contributed by atoms with E-state index >= 15 is 0 Å². The summed E-state index contributed by atoms with van der Waals surface area (Å²) >= 11 is 0. The zero-order chi connectivity index (χ0) is 15.2. The number of benzene rings is 1. The van der Waals surface area contributed by atoms with Gasteiger partial charge in [-0.25, -0.2) is 0 Å². The summed E-state index contributed by atoms with van der Waals surface area (Å²) in [6, 6.07) is 5.60. The number of alkyl halides is 2. The Morgan fingerprint density at radius 2 is 1.86 bits per heavy atom. The Hall–Kier alpha value is -1.69. The Morgan fingerprint density at radius 3 is 2.43 bits per heavy atom. The van der Waals surface area contributed by atoms with Crippen molar-refractivity contribution in [1.82, 2.24) is 5.32 Å². The molecule has 2 N–H and O–H groups in total. The topological polar surface area (TPSA) is 58.6 Å². The van der Waals surface area contributed by atoms with Gasteiger partial charge in [-0.2, -0.15) is 8.78 Å². The van der Waals surface area contributed by atoms with E-state index in [4.69, 9.17) is 0 Å². The molecule has 0 aromatic heterocycles. The van der Waals surface area contributed by atoms with E-state index < -0.39 is 6.61 Å². The second-order valence-electron chi connectivity index (χ2n) is 5.29. The fraction of sp³-hybridized carbons (Fsp3) is 0.533. The molecule has 1 fully saturated rings. The van der Waals surface area contributed by atoms with Gasteiger partial charge in [0.25, 0.3) is 5.91 Å². The first-order valence-corrected chi connectivity index (χ1v) is 7.05. The number of halogens is 2. The van der Waals surface area contributed by atoms with Crippen LogP contribution in [0.1, 0.15) is 36.0 Å². The lowest BCUT2D eigenvalue weighted by molar-refractivity contribution is -0.0498. The summed E-state index contributed by atoms with van der Waals surface area (Å²) < 4.78 is 28.3. The molecule has 6 heteroatoms. The molecule has 0 spiro atoms. The van der Waals surface area contributed by atoms with Crippen LogP contribution in [0.2, 0.25) is 0 Å². The fourth-order valence-corrected chi connectivity index (χ4v) is 2.48. The van der Waals surface area contributed by atoms with Gasteiger partial charge in [-0.3, -0.25) is 4.79 Å². The highest BCUT2D eigenvalue weighted by Gasteiger charge is 2.19. The van der Waals surface area contributed by atoms with Crippen molar-refractivity contribution >= 4 is 5.91 Å². The number of hydrogen-bond acceptors (Lipinski definition) is 3. The zero-order valence-corrected chi connectivity index (χ0v) is 11.6. The van der Waals surface area contributed by atoms with Crippen LogP contribution >= 0.6 is 0 Å². The summed E-state index contributed by atoms with van der Waals surface area (Å²) in [6.07, 6.45) is 3.16. The standard InChI is InChI=1S/C15H19F2NO3/c16-15(17)21-13-7-3-11(4-8-13)14(20)18-9-10-1-5-12(19)6-2-10/h3-4,7-8,10,12,15,19H,1-2,5-6,9H2,(H,18,20). The molecular formula is C15H19F2NO3. The number of carbonyl (C=O) groups excluding carboxylic acids is 1. The van der Waals surface area contributed by atoms with Crippen LogP contribution < -0.4 is 10.1 Å². The smallest absolute Gasteiger partial charge is 0.387 e.